The van der Waals surface area contributed by atoms with Gasteiger partial charge < -0.3 is 15.4 Å². The fourth-order valence-corrected chi connectivity index (χ4v) is 5.88. The Hall–Kier alpha value is -3.78. The standard InChI is InChI=1S/C33H39N3O4S/c1-22-17-24(18-23(2)31(22)40-33(3,4)21-37)11-12-26-19-36(32(34)35-27-9-7-6-8-10-27)20-29(26)30(38)25-13-15-28(16-14-25)41(5)39/h6-10,13-18,21,26,29H,11-12,19-20H2,1-5H3,(H2,34,35)/t26-,29-,41?/m0/s1. The van der Waals surface area contributed by atoms with Gasteiger partial charge in [0, 0.05) is 46.5 Å². The Kier molecular flexibility index (Phi) is 9.43. The maximum Gasteiger partial charge on any atom is 0.196 e. The highest BCUT2D eigenvalue weighted by Gasteiger charge is 2.38. The summed E-state index contributed by atoms with van der Waals surface area (Å²) in [6.45, 7) is 8.59. The number of hydrogen-bond acceptors (Lipinski definition) is 5. The summed E-state index contributed by atoms with van der Waals surface area (Å²) in [5, 5.41) is 0. The van der Waals surface area contributed by atoms with Crippen LogP contribution in [-0.4, -0.2) is 52.1 Å². The van der Waals surface area contributed by atoms with E-state index in [0.29, 0.717) is 29.5 Å². The largest absolute Gasteiger partial charge is 0.480 e. The molecule has 1 unspecified atom stereocenters. The predicted octanol–water partition coefficient (Wildman–Crippen LogP) is 5.41. The number of guanidine groups is 1. The second-order valence-corrected chi connectivity index (χ2v) is 12.7. The van der Waals surface area contributed by atoms with E-state index in [1.165, 1.54) is 0 Å². The number of carbonyl (C=O) groups is 2. The molecule has 8 heteroatoms. The van der Waals surface area contributed by atoms with E-state index in [9.17, 15) is 13.8 Å². The summed E-state index contributed by atoms with van der Waals surface area (Å²) in [4.78, 5) is 32.5. The van der Waals surface area contributed by atoms with E-state index < -0.39 is 16.4 Å². The minimum absolute atomic E-state index is 0.0608. The smallest absolute Gasteiger partial charge is 0.196 e. The van der Waals surface area contributed by atoms with E-state index in [1.807, 2.05) is 49.1 Å². The van der Waals surface area contributed by atoms with Crippen LogP contribution in [0.5, 0.6) is 5.75 Å². The molecule has 216 valence electrons. The molecule has 1 fully saturated rings. The van der Waals surface area contributed by atoms with Gasteiger partial charge in [0.25, 0.3) is 0 Å². The number of hydrogen-bond donors (Lipinski definition) is 1. The molecule has 3 aromatic rings. The fraction of sp³-hybridized carbons (Fsp3) is 0.364. The van der Waals surface area contributed by atoms with Crippen LogP contribution < -0.4 is 10.5 Å². The van der Waals surface area contributed by atoms with Crippen molar-refractivity contribution < 1.29 is 18.5 Å². The van der Waals surface area contributed by atoms with Gasteiger partial charge in [-0.05, 0) is 87.4 Å². The van der Waals surface area contributed by atoms with E-state index >= 15 is 0 Å². The number of ether oxygens (including phenoxy) is 1. The Morgan fingerprint density at radius 1 is 1.07 bits per heavy atom. The lowest BCUT2D eigenvalue weighted by molar-refractivity contribution is -0.119. The number of aryl methyl sites for hydroxylation is 3. The summed E-state index contributed by atoms with van der Waals surface area (Å²) in [6, 6.07) is 20.8. The van der Waals surface area contributed by atoms with Crippen molar-refractivity contribution in [3.63, 3.8) is 0 Å². The van der Waals surface area contributed by atoms with Crippen LogP contribution in [0.1, 0.15) is 47.3 Å². The fourth-order valence-electron chi connectivity index (χ4n) is 5.36. The number of ketones is 1. The number of benzene rings is 3. The molecule has 4 rings (SSSR count). The Bertz CT molecular complexity index is 1430. The van der Waals surface area contributed by atoms with Crippen LogP contribution in [0.2, 0.25) is 0 Å². The Balaban J connectivity index is 1.56. The molecule has 0 radical (unpaired) electrons. The van der Waals surface area contributed by atoms with Gasteiger partial charge in [-0.25, -0.2) is 4.99 Å². The van der Waals surface area contributed by atoms with E-state index in [0.717, 1.165) is 47.3 Å². The Morgan fingerprint density at radius 2 is 1.71 bits per heavy atom. The summed E-state index contributed by atoms with van der Waals surface area (Å²) in [6.07, 6.45) is 4.01. The molecule has 0 amide bonds. The molecule has 0 bridgehead atoms. The van der Waals surface area contributed by atoms with Gasteiger partial charge >= 0.3 is 0 Å². The zero-order valence-electron chi connectivity index (χ0n) is 24.4. The third-order valence-electron chi connectivity index (χ3n) is 7.55. The van der Waals surface area contributed by atoms with Crippen LogP contribution in [0.3, 0.4) is 0 Å². The van der Waals surface area contributed by atoms with Crippen LogP contribution in [0, 0.1) is 25.7 Å². The maximum atomic E-state index is 13.8. The van der Waals surface area contributed by atoms with E-state index in [2.05, 4.69) is 17.1 Å². The van der Waals surface area contributed by atoms with Gasteiger partial charge in [0.1, 0.15) is 5.75 Å². The van der Waals surface area contributed by atoms with E-state index in [1.54, 1.807) is 44.4 Å². The Morgan fingerprint density at radius 3 is 2.29 bits per heavy atom. The number of likely N-dealkylation sites (tertiary alicyclic amines) is 1. The lowest BCUT2D eigenvalue weighted by atomic mass is 9.84. The van der Waals surface area contributed by atoms with Crippen LogP contribution >= 0.6 is 0 Å². The molecule has 0 aliphatic carbocycles. The van der Waals surface area contributed by atoms with E-state index in [4.69, 9.17) is 10.5 Å². The van der Waals surface area contributed by atoms with Crippen molar-refractivity contribution in [3.8, 4) is 5.75 Å². The number of Topliss-reactive ketones (excluding diaryl/α,β-unsaturated/α-hetero) is 1. The molecule has 41 heavy (non-hydrogen) atoms. The van der Waals surface area contributed by atoms with Crippen molar-refractivity contribution in [1.29, 1.82) is 0 Å². The quantitative estimate of drug-likeness (QED) is 0.151. The number of rotatable bonds is 10. The molecule has 1 aliphatic heterocycles. The summed E-state index contributed by atoms with van der Waals surface area (Å²) in [5.41, 5.74) is 10.0. The van der Waals surface area contributed by atoms with Crippen molar-refractivity contribution in [2.75, 3.05) is 19.3 Å². The average molecular weight is 574 g/mol. The van der Waals surface area contributed by atoms with Crippen molar-refractivity contribution in [1.82, 2.24) is 4.90 Å². The summed E-state index contributed by atoms with van der Waals surface area (Å²) in [5.74, 6) is 1.00. The van der Waals surface area contributed by atoms with Gasteiger partial charge in [-0.2, -0.15) is 0 Å². The van der Waals surface area contributed by atoms with Crippen molar-refractivity contribution >= 4 is 34.5 Å². The van der Waals surface area contributed by atoms with Crippen molar-refractivity contribution in [2.24, 2.45) is 22.6 Å². The van der Waals surface area contributed by atoms with Gasteiger partial charge in [-0.15, -0.1) is 0 Å². The number of nitrogens with two attached hydrogens (primary N) is 1. The highest BCUT2D eigenvalue weighted by molar-refractivity contribution is 7.84. The molecule has 1 aliphatic rings. The second-order valence-electron chi connectivity index (χ2n) is 11.3. The Labute approximate surface area is 245 Å². The topological polar surface area (TPSA) is 102 Å². The third kappa shape index (κ3) is 7.50. The predicted molar refractivity (Wildman–Crippen MR) is 164 cm³/mol. The van der Waals surface area contributed by atoms with Crippen LogP contribution in [0.15, 0.2) is 76.6 Å². The van der Waals surface area contributed by atoms with Crippen molar-refractivity contribution in [2.45, 2.75) is 51.0 Å². The zero-order chi connectivity index (χ0) is 29.7. The summed E-state index contributed by atoms with van der Waals surface area (Å²) in [7, 11) is -1.11. The van der Waals surface area contributed by atoms with Gasteiger partial charge in [0.05, 0.1) is 5.69 Å². The summed E-state index contributed by atoms with van der Waals surface area (Å²) >= 11 is 0. The highest BCUT2D eigenvalue weighted by Crippen LogP contribution is 2.33. The van der Waals surface area contributed by atoms with Crippen molar-refractivity contribution in [3.05, 3.63) is 89.0 Å². The number of aliphatic imine (C=N–C) groups is 1. The van der Waals surface area contributed by atoms with E-state index in [-0.39, 0.29) is 17.6 Å². The normalized spacial score (nSPS) is 18.3. The summed E-state index contributed by atoms with van der Waals surface area (Å²) < 4.78 is 17.8. The van der Waals surface area contributed by atoms with Crippen LogP contribution in [0.4, 0.5) is 5.69 Å². The molecule has 1 saturated heterocycles. The minimum Gasteiger partial charge on any atom is -0.480 e. The van der Waals surface area contributed by atoms with Gasteiger partial charge in [0.2, 0.25) is 0 Å². The second kappa shape index (κ2) is 12.8. The van der Waals surface area contributed by atoms with Gasteiger partial charge in [-0.3, -0.25) is 13.8 Å². The number of aldehydes is 1. The number of carbonyl (C=O) groups excluding carboxylic acids is 2. The van der Waals surface area contributed by atoms with Gasteiger partial charge in [-0.1, -0.05) is 42.5 Å². The lowest BCUT2D eigenvalue weighted by Gasteiger charge is -2.23. The first-order valence-corrected chi connectivity index (χ1v) is 15.4. The zero-order valence-corrected chi connectivity index (χ0v) is 25.2. The minimum atomic E-state index is -1.11. The molecule has 0 spiro atoms. The third-order valence-corrected chi connectivity index (χ3v) is 8.48. The lowest BCUT2D eigenvalue weighted by Crippen LogP contribution is -2.36. The molecule has 2 N–H and O–H groups in total. The molecule has 1 heterocycles. The molecule has 3 atom stereocenters. The number of para-hydroxylation sites is 1. The molecule has 3 aromatic carbocycles. The highest BCUT2D eigenvalue weighted by atomic mass is 32.2. The maximum absolute atomic E-state index is 13.8. The first-order chi connectivity index (χ1) is 19.5. The average Bonchev–Trinajstić information content (AvgIpc) is 3.38. The van der Waals surface area contributed by atoms with Gasteiger partial charge in [0.15, 0.2) is 23.6 Å². The SMILES string of the molecule is Cc1cc(CC[C@H]2CN(C(N)=Nc3ccccc3)C[C@@H]2C(=O)c2ccc(S(C)=O)cc2)cc(C)c1OC(C)(C)C=O. The molecule has 0 saturated carbocycles. The first-order valence-electron chi connectivity index (χ1n) is 13.8. The van der Waals surface area contributed by atoms with Crippen LogP contribution in [-0.2, 0) is 22.0 Å². The molecule has 0 aromatic heterocycles. The van der Waals surface area contributed by atoms with Crippen LogP contribution in [0.25, 0.3) is 0 Å². The first kappa shape index (κ1) is 30.2. The molecular formula is C33H39N3O4S. The molecule has 7 nitrogen and oxygen atoms in total. The number of nitrogens with zero attached hydrogens (tertiary/aromatic N) is 2. The molecular weight excluding hydrogens is 534 g/mol. The monoisotopic (exact) mass is 573 g/mol.